The summed E-state index contributed by atoms with van der Waals surface area (Å²) in [5.74, 6) is 0.274. The lowest BCUT2D eigenvalue weighted by atomic mass is 10.1. The largest absolute Gasteiger partial charge is 0.505 e. The summed E-state index contributed by atoms with van der Waals surface area (Å²) in [4.78, 5) is 2.40. The highest BCUT2D eigenvalue weighted by atomic mass is 32.1. The van der Waals surface area contributed by atoms with Crippen LogP contribution in [0, 0.1) is 13.8 Å². The van der Waals surface area contributed by atoms with Gasteiger partial charge in [-0.2, -0.15) is 0 Å². The highest BCUT2D eigenvalue weighted by molar-refractivity contribution is 7.12. The Morgan fingerprint density at radius 1 is 1.35 bits per heavy atom. The summed E-state index contributed by atoms with van der Waals surface area (Å²) in [6.07, 6.45) is 5.33. The SMILES string of the molecule is C/C=c1/c(O)c2n(/c1=C/C)C(c1cc(C)c(C)s1)OC=C2CN. The predicted molar refractivity (Wildman–Crippen MR) is 95.7 cm³/mol. The van der Waals surface area contributed by atoms with Crippen molar-refractivity contribution in [3.63, 3.8) is 0 Å². The first-order valence-corrected chi connectivity index (χ1v) is 8.52. The molecule has 0 amide bonds. The number of hydrogen-bond donors (Lipinski definition) is 2. The maximum Gasteiger partial charge on any atom is 0.211 e. The van der Waals surface area contributed by atoms with Crippen LogP contribution >= 0.6 is 11.3 Å². The standard InChI is InChI=1S/C18H22N2O2S/c1-5-13-14(6-2)20-16(17(13)21)12(8-19)9-22-18(20)15-7-10(3)11(4)23-15/h5-7,9,18,21H,8,19H2,1-4H3/b13-5+,14-6+. The molecule has 2 aromatic heterocycles. The van der Waals surface area contributed by atoms with Gasteiger partial charge in [0.2, 0.25) is 6.23 Å². The Hall–Kier alpha value is -1.98. The van der Waals surface area contributed by atoms with Gasteiger partial charge in [0.05, 0.1) is 22.2 Å². The second-order valence-electron chi connectivity index (χ2n) is 5.67. The minimum absolute atomic E-state index is 0.274. The van der Waals surface area contributed by atoms with Crippen LogP contribution in [0.5, 0.6) is 5.75 Å². The maximum atomic E-state index is 10.7. The van der Waals surface area contributed by atoms with E-state index >= 15 is 0 Å². The van der Waals surface area contributed by atoms with E-state index in [4.69, 9.17) is 10.5 Å². The molecule has 1 aliphatic rings. The molecule has 0 aliphatic carbocycles. The third-order valence-electron chi connectivity index (χ3n) is 4.34. The van der Waals surface area contributed by atoms with Crippen molar-refractivity contribution in [2.24, 2.45) is 5.73 Å². The van der Waals surface area contributed by atoms with Crippen molar-refractivity contribution in [2.45, 2.75) is 33.9 Å². The quantitative estimate of drug-likeness (QED) is 0.888. The molecule has 1 unspecified atom stereocenters. The first kappa shape index (κ1) is 15.9. The number of aryl methyl sites for hydroxylation is 2. The number of rotatable bonds is 2. The zero-order valence-corrected chi connectivity index (χ0v) is 14.7. The van der Waals surface area contributed by atoms with E-state index in [1.54, 1.807) is 17.6 Å². The van der Waals surface area contributed by atoms with E-state index in [0.29, 0.717) is 6.54 Å². The Labute approximate surface area is 139 Å². The molecule has 5 heteroatoms. The fourth-order valence-electron chi connectivity index (χ4n) is 3.07. The molecule has 2 aromatic rings. The van der Waals surface area contributed by atoms with Crippen molar-refractivity contribution in [1.82, 2.24) is 4.57 Å². The molecule has 3 rings (SSSR count). The number of thiophene rings is 1. The van der Waals surface area contributed by atoms with E-state index in [-0.39, 0.29) is 12.0 Å². The molecule has 0 bridgehead atoms. The van der Waals surface area contributed by atoms with Crippen molar-refractivity contribution in [3.05, 3.63) is 43.9 Å². The van der Waals surface area contributed by atoms with Crippen LogP contribution in [0.15, 0.2) is 12.3 Å². The molecule has 0 fully saturated rings. The third-order valence-corrected chi connectivity index (χ3v) is 5.53. The van der Waals surface area contributed by atoms with Gasteiger partial charge >= 0.3 is 0 Å². The number of hydrogen-bond acceptors (Lipinski definition) is 4. The van der Waals surface area contributed by atoms with Crippen molar-refractivity contribution in [2.75, 3.05) is 6.54 Å². The van der Waals surface area contributed by atoms with Crippen LogP contribution < -0.4 is 16.3 Å². The summed E-state index contributed by atoms with van der Waals surface area (Å²) in [6, 6.07) is 2.15. The molecule has 0 spiro atoms. The predicted octanol–water partition coefficient (Wildman–Crippen LogP) is 2.35. The maximum absolute atomic E-state index is 10.7. The number of aromatic hydroxyl groups is 1. The Bertz CT molecular complexity index is 883. The lowest BCUT2D eigenvalue weighted by molar-refractivity contribution is 0.111. The molecular weight excluding hydrogens is 308 g/mol. The second-order valence-corrected chi connectivity index (χ2v) is 6.96. The summed E-state index contributed by atoms with van der Waals surface area (Å²) in [7, 11) is 0. The van der Waals surface area contributed by atoms with Gasteiger partial charge in [-0.25, -0.2) is 0 Å². The van der Waals surface area contributed by atoms with E-state index in [1.807, 2.05) is 26.0 Å². The molecular formula is C18H22N2O2S. The highest BCUT2D eigenvalue weighted by Crippen LogP contribution is 2.36. The number of ether oxygens (including phenoxy) is 1. The lowest BCUT2D eigenvalue weighted by Crippen LogP contribution is -2.34. The molecule has 1 atom stereocenters. The van der Waals surface area contributed by atoms with E-state index in [1.165, 1.54) is 10.4 Å². The van der Waals surface area contributed by atoms with Gasteiger partial charge in [0, 0.05) is 22.2 Å². The Balaban J connectivity index is 2.34. The first-order chi connectivity index (χ1) is 11.0. The highest BCUT2D eigenvalue weighted by Gasteiger charge is 2.29. The molecule has 0 saturated carbocycles. The lowest BCUT2D eigenvalue weighted by Gasteiger charge is -2.26. The van der Waals surface area contributed by atoms with Crippen molar-refractivity contribution >= 4 is 29.1 Å². The van der Waals surface area contributed by atoms with Crippen LogP contribution in [-0.4, -0.2) is 16.2 Å². The second kappa shape index (κ2) is 5.91. The molecule has 1 aliphatic heterocycles. The molecule has 4 nitrogen and oxygen atoms in total. The number of nitrogens with zero attached hydrogens (tertiary/aromatic N) is 1. The summed E-state index contributed by atoms with van der Waals surface area (Å²) in [6.45, 7) is 8.43. The number of aromatic nitrogens is 1. The minimum atomic E-state index is -0.275. The fraction of sp³-hybridized carbons (Fsp3) is 0.333. The molecule has 0 saturated heterocycles. The third kappa shape index (κ3) is 2.31. The monoisotopic (exact) mass is 330 g/mol. The summed E-state index contributed by atoms with van der Waals surface area (Å²) in [5.41, 5.74) is 8.67. The Morgan fingerprint density at radius 3 is 2.61 bits per heavy atom. The Kier molecular flexibility index (Phi) is 4.08. The van der Waals surface area contributed by atoms with E-state index in [9.17, 15) is 5.11 Å². The molecule has 122 valence electrons. The van der Waals surface area contributed by atoms with Crippen molar-refractivity contribution in [1.29, 1.82) is 0 Å². The number of fused-ring (bicyclic) bond motifs is 1. The molecule has 3 heterocycles. The average molecular weight is 330 g/mol. The van der Waals surface area contributed by atoms with Crippen LogP contribution in [0.25, 0.3) is 17.7 Å². The van der Waals surface area contributed by atoms with Gasteiger partial charge < -0.3 is 15.6 Å². The van der Waals surface area contributed by atoms with E-state index < -0.39 is 0 Å². The van der Waals surface area contributed by atoms with E-state index in [0.717, 1.165) is 26.7 Å². The van der Waals surface area contributed by atoms with Crippen molar-refractivity contribution in [3.8, 4) is 5.75 Å². The van der Waals surface area contributed by atoms with Gasteiger partial charge in [-0.15, -0.1) is 11.3 Å². The van der Waals surface area contributed by atoms with Crippen molar-refractivity contribution < 1.29 is 9.84 Å². The van der Waals surface area contributed by atoms with Gasteiger partial charge in [0.1, 0.15) is 5.75 Å². The van der Waals surface area contributed by atoms with Gasteiger partial charge in [-0.1, -0.05) is 12.2 Å². The minimum Gasteiger partial charge on any atom is -0.505 e. The molecule has 3 N–H and O–H groups in total. The topological polar surface area (TPSA) is 60.4 Å². The molecule has 23 heavy (non-hydrogen) atoms. The Morgan fingerprint density at radius 2 is 2.09 bits per heavy atom. The smallest absolute Gasteiger partial charge is 0.211 e. The zero-order chi connectivity index (χ0) is 16.7. The van der Waals surface area contributed by atoms with Gasteiger partial charge in [-0.05, 0) is 39.3 Å². The summed E-state index contributed by atoms with van der Waals surface area (Å²) >= 11 is 1.72. The number of nitrogens with two attached hydrogens (primary N) is 1. The van der Waals surface area contributed by atoms with Crippen LogP contribution in [-0.2, 0) is 4.74 Å². The first-order valence-electron chi connectivity index (χ1n) is 7.71. The van der Waals surface area contributed by atoms with E-state index in [2.05, 4.69) is 24.5 Å². The molecule has 0 aromatic carbocycles. The van der Waals surface area contributed by atoms with Gasteiger partial charge in [0.25, 0.3) is 0 Å². The van der Waals surface area contributed by atoms with Crippen LogP contribution in [0.2, 0.25) is 0 Å². The van der Waals surface area contributed by atoms with Gasteiger partial charge in [-0.3, -0.25) is 4.57 Å². The summed E-state index contributed by atoms with van der Waals surface area (Å²) < 4.78 is 8.06. The normalized spacial score (nSPS) is 18.8. The van der Waals surface area contributed by atoms with Gasteiger partial charge in [0.15, 0.2) is 0 Å². The summed E-state index contributed by atoms with van der Waals surface area (Å²) in [5, 5.41) is 12.5. The average Bonchev–Trinajstić information content (AvgIpc) is 3.04. The van der Waals surface area contributed by atoms with Crippen LogP contribution in [0.1, 0.15) is 41.1 Å². The van der Waals surface area contributed by atoms with Crippen LogP contribution in [0.3, 0.4) is 0 Å². The molecule has 0 radical (unpaired) electrons. The fourth-order valence-corrected chi connectivity index (χ4v) is 4.14. The zero-order valence-electron chi connectivity index (χ0n) is 13.9. The van der Waals surface area contributed by atoms with Crippen LogP contribution in [0.4, 0.5) is 0 Å².